The maximum atomic E-state index is 9.95. The summed E-state index contributed by atoms with van der Waals surface area (Å²) in [6.07, 6.45) is 5.64. The molecule has 12 heavy (non-hydrogen) atoms. The van der Waals surface area contributed by atoms with Gasteiger partial charge in [0, 0.05) is 4.48 Å². The Balaban J connectivity index is 2.84. The normalized spacial score (nSPS) is 33.3. The molecule has 1 N–H and O–H groups in total. The number of hydrogen-bond donors (Lipinski definition) is 1. The molecule has 1 aliphatic rings. The van der Waals surface area contributed by atoms with E-state index in [0.29, 0.717) is 4.48 Å². The van der Waals surface area contributed by atoms with Crippen molar-refractivity contribution < 1.29 is 5.11 Å². The Morgan fingerprint density at radius 3 is 2.33 bits per heavy atom. The van der Waals surface area contributed by atoms with Crippen molar-refractivity contribution in [3.05, 3.63) is 23.2 Å². The maximum Gasteiger partial charge on any atom is 0.114 e. The van der Waals surface area contributed by atoms with Crippen molar-refractivity contribution in [1.29, 1.82) is 0 Å². The van der Waals surface area contributed by atoms with E-state index in [0.717, 1.165) is 12.8 Å². The van der Waals surface area contributed by atoms with E-state index in [2.05, 4.69) is 42.4 Å². The van der Waals surface area contributed by atoms with Crippen LogP contribution in [-0.4, -0.2) is 10.7 Å². The van der Waals surface area contributed by atoms with E-state index in [9.17, 15) is 5.11 Å². The van der Waals surface area contributed by atoms with E-state index in [1.54, 1.807) is 0 Å². The third-order valence-electron chi connectivity index (χ3n) is 2.43. The molecule has 1 nitrogen and oxygen atoms in total. The van der Waals surface area contributed by atoms with Gasteiger partial charge in [-0.05, 0) is 18.3 Å². The van der Waals surface area contributed by atoms with Crippen molar-refractivity contribution in [2.75, 3.05) is 0 Å². The van der Waals surface area contributed by atoms with Crippen molar-refractivity contribution in [2.45, 2.75) is 32.3 Å². The molecule has 1 rings (SSSR count). The molecule has 0 bridgehead atoms. The summed E-state index contributed by atoms with van der Waals surface area (Å²) in [6, 6.07) is 0. The summed E-state index contributed by atoms with van der Waals surface area (Å²) in [5.74, 6) is 0. The van der Waals surface area contributed by atoms with E-state index >= 15 is 0 Å². The largest absolute Gasteiger partial charge is 0.381 e. The summed E-state index contributed by atoms with van der Waals surface area (Å²) in [5.41, 5.74) is -0.607. The first-order chi connectivity index (χ1) is 5.36. The fourth-order valence-corrected chi connectivity index (χ4v) is 1.60. The molecule has 0 heterocycles. The first-order valence-electron chi connectivity index (χ1n) is 4.13. The van der Waals surface area contributed by atoms with Crippen molar-refractivity contribution in [2.24, 2.45) is 5.41 Å². The Kier molecular flexibility index (Phi) is 2.50. The monoisotopic (exact) mass is 230 g/mol. The predicted molar refractivity (Wildman–Crippen MR) is 55.2 cm³/mol. The van der Waals surface area contributed by atoms with Crippen LogP contribution in [-0.2, 0) is 0 Å². The highest BCUT2D eigenvalue weighted by molar-refractivity contribution is 9.11. The quantitative estimate of drug-likeness (QED) is 0.688. The smallest absolute Gasteiger partial charge is 0.114 e. The van der Waals surface area contributed by atoms with Crippen molar-refractivity contribution in [3.63, 3.8) is 0 Å². The van der Waals surface area contributed by atoms with Gasteiger partial charge in [-0.3, -0.25) is 0 Å². The average molecular weight is 231 g/mol. The summed E-state index contributed by atoms with van der Waals surface area (Å²) in [6.45, 7) is 8.05. The molecule has 1 unspecified atom stereocenters. The lowest BCUT2D eigenvalue weighted by atomic mass is 9.77. The highest BCUT2D eigenvalue weighted by atomic mass is 79.9. The zero-order chi connectivity index (χ0) is 9.41. The highest BCUT2D eigenvalue weighted by Gasteiger charge is 2.33. The van der Waals surface area contributed by atoms with Gasteiger partial charge in [0.1, 0.15) is 5.60 Å². The second kappa shape index (κ2) is 3.00. The molecule has 1 aliphatic carbocycles. The van der Waals surface area contributed by atoms with Crippen LogP contribution in [0, 0.1) is 5.41 Å². The summed E-state index contributed by atoms with van der Waals surface area (Å²) in [4.78, 5) is 0. The summed E-state index contributed by atoms with van der Waals surface area (Å²) >= 11 is 3.23. The van der Waals surface area contributed by atoms with Crippen LogP contribution in [0.1, 0.15) is 26.7 Å². The topological polar surface area (TPSA) is 20.2 Å². The zero-order valence-corrected chi connectivity index (χ0v) is 9.19. The minimum Gasteiger partial charge on any atom is -0.381 e. The lowest BCUT2D eigenvalue weighted by molar-refractivity contribution is 0.105. The Hall–Kier alpha value is -0.0800. The molecule has 0 spiro atoms. The van der Waals surface area contributed by atoms with Gasteiger partial charge in [0.25, 0.3) is 0 Å². The fourth-order valence-electron chi connectivity index (χ4n) is 1.27. The summed E-state index contributed by atoms with van der Waals surface area (Å²) in [7, 11) is 0. The highest BCUT2D eigenvalue weighted by Crippen LogP contribution is 2.38. The van der Waals surface area contributed by atoms with Gasteiger partial charge in [0.2, 0.25) is 0 Å². The molecule has 68 valence electrons. The third kappa shape index (κ3) is 1.99. The zero-order valence-electron chi connectivity index (χ0n) is 7.60. The van der Waals surface area contributed by atoms with Crippen LogP contribution in [0.3, 0.4) is 0 Å². The number of hydrogen-bond acceptors (Lipinski definition) is 1. The van der Waals surface area contributed by atoms with Gasteiger partial charge in [-0.1, -0.05) is 48.5 Å². The van der Waals surface area contributed by atoms with E-state index in [4.69, 9.17) is 0 Å². The van der Waals surface area contributed by atoms with Crippen LogP contribution in [0.25, 0.3) is 0 Å². The van der Waals surface area contributed by atoms with Gasteiger partial charge in [-0.25, -0.2) is 0 Å². The molecule has 0 aromatic carbocycles. The summed E-state index contributed by atoms with van der Waals surface area (Å²) < 4.78 is 0.654. The minimum atomic E-state index is -0.824. The molecule has 0 amide bonds. The number of rotatable bonds is 1. The van der Waals surface area contributed by atoms with Crippen LogP contribution >= 0.6 is 15.9 Å². The number of allylic oxidation sites excluding steroid dienone is 1. The molecular formula is C10H15BrO. The maximum absolute atomic E-state index is 9.95. The van der Waals surface area contributed by atoms with Crippen molar-refractivity contribution in [3.8, 4) is 0 Å². The Morgan fingerprint density at radius 1 is 1.42 bits per heavy atom. The predicted octanol–water partition coefficient (Wildman–Crippen LogP) is 3.00. The van der Waals surface area contributed by atoms with E-state index in [-0.39, 0.29) is 5.41 Å². The fraction of sp³-hybridized carbons (Fsp3) is 0.600. The van der Waals surface area contributed by atoms with Crippen molar-refractivity contribution >= 4 is 15.9 Å². The van der Waals surface area contributed by atoms with Crippen LogP contribution in [0.4, 0.5) is 0 Å². The van der Waals surface area contributed by atoms with Gasteiger partial charge in [0.05, 0.1) is 0 Å². The van der Waals surface area contributed by atoms with Gasteiger partial charge >= 0.3 is 0 Å². The second-order valence-corrected chi connectivity index (χ2v) is 5.11. The summed E-state index contributed by atoms with van der Waals surface area (Å²) in [5, 5.41) is 9.95. The molecule has 0 aromatic heterocycles. The van der Waals surface area contributed by atoms with Crippen LogP contribution < -0.4 is 0 Å². The standard InChI is InChI=1S/C10H15BrO/c1-8(11)10(12)6-4-9(2,3)5-7-10/h4,6,12H,1,5,7H2,2-3H3. The third-order valence-corrected chi connectivity index (χ3v) is 3.12. The lowest BCUT2D eigenvalue weighted by Gasteiger charge is -2.34. The lowest BCUT2D eigenvalue weighted by Crippen LogP contribution is -2.32. The van der Waals surface area contributed by atoms with Gasteiger partial charge in [-0.2, -0.15) is 0 Å². The molecular weight excluding hydrogens is 216 g/mol. The first-order valence-corrected chi connectivity index (χ1v) is 4.93. The van der Waals surface area contributed by atoms with E-state index in [1.165, 1.54) is 0 Å². The second-order valence-electron chi connectivity index (χ2n) is 4.15. The van der Waals surface area contributed by atoms with Crippen LogP contribution in [0.2, 0.25) is 0 Å². The average Bonchev–Trinajstić information content (AvgIpc) is 1.96. The van der Waals surface area contributed by atoms with Gasteiger partial charge < -0.3 is 5.11 Å². The molecule has 0 fully saturated rings. The molecule has 0 saturated heterocycles. The van der Waals surface area contributed by atoms with Gasteiger partial charge in [0.15, 0.2) is 0 Å². The minimum absolute atomic E-state index is 0.217. The van der Waals surface area contributed by atoms with Crippen LogP contribution in [0.15, 0.2) is 23.2 Å². The Labute approximate surface area is 82.3 Å². The molecule has 0 saturated carbocycles. The van der Waals surface area contributed by atoms with E-state index < -0.39 is 5.60 Å². The molecule has 0 radical (unpaired) electrons. The Bertz CT molecular complexity index is 230. The molecule has 1 atom stereocenters. The molecule has 0 aliphatic heterocycles. The van der Waals surface area contributed by atoms with Gasteiger partial charge in [-0.15, -0.1) is 0 Å². The van der Waals surface area contributed by atoms with Crippen LogP contribution in [0.5, 0.6) is 0 Å². The van der Waals surface area contributed by atoms with E-state index in [1.807, 2.05) is 6.08 Å². The molecule has 0 aromatic rings. The number of aliphatic hydroxyl groups is 1. The van der Waals surface area contributed by atoms with Crippen molar-refractivity contribution in [1.82, 2.24) is 0 Å². The molecule has 2 heteroatoms. The SMILES string of the molecule is C=C(Br)C1(O)C=CC(C)(C)CC1. The Morgan fingerprint density at radius 2 is 2.00 bits per heavy atom. The first kappa shape index (κ1) is 10.0. The number of halogens is 1.